The van der Waals surface area contributed by atoms with Crippen molar-refractivity contribution in [2.45, 2.75) is 63.8 Å². The molecule has 134 valence electrons. The predicted octanol–water partition coefficient (Wildman–Crippen LogP) is 4.50. The van der Waals surface area contributed by atoms with Crippen molar-refractivity contribution >= 4 is 28.8 Å². The topological polar surface area (TPSA) is 32.3 Å². The number of amides is 1. The first-order valence-corrected chi connectivity index (χ1v) is 10.6. The average Bonchev–Trinajstić information content (AvgIpc) is 3.01. The number of hydrogen-bond donors (Lipinski definition) is 1. The van der Waals surface area contributed by atoms with E-state index in [1.54, 1.807) is 11.3 Å². The van der Waals surface area contributed by atoms with Crippen molar-refractivity contribution in [2.24, 2.45) is 5.92 Å². The van der Waals surface area contributed by atoms with E-state index in [1.807, 2.05) is 12.1 Å². The molecule has 0 unspecified atom stereocenters. The highest BCUT2D eigenvalue weighted by atomic mass is 35.5. The van der Waals surface area contributed by atoms with Crippen molar-refractivity contribution in [3.8, 4) is 0 Å². The van der Waals surface area contributed by atoms with Crippen LogP contribution in [0.1, 0.15) is 56.2 Å². The highest BCUT2D eigenvalue weighted by molar-refractivity contribution is 7.16. The largest absolute Gasteiger partial charge is 0.353 e. The van der Waals surface area contributed by atoms with E-state index in [0.29, 0.717) is 12.5 Å². The van der Waals surface area contributed by atoms with Gasteiger partial charge in [0.15, 0.2) is 0 Å². The fraction of sp³-hybridized carbons (Fsp3) is 0.737. The van der Waals surface area contributed by atoms with Crippen molar-refractivity contribution in [1.82, 2.24) is 10.2 Å². The van der Waals surface area contributed by atoms with Gasteiger partial charge in [0.25, 0.3) is 0 Å². The lowest BCUT2D eigenvalue weighted by molar-refractivity contribution is -0.122. The van der Waals surface area contributed by atoms with Gasteiger partial charge in [-0.05, 0) is 50.2 Å². The van der Waals surface area contributed by atoms with Gasteiger partial charge in [-0.1, -0.05) is 30.9 Å². The van der Waals surface area contributed by atoms with Gasteiger partial charge < -0.3 is 10.2 Å². The van der Waals surface area contributed by atoms with Gasteiger partial charge in [-0.2, -0.15) is 0 Å². The number of likely N-dealkylation sites (tertiary alicyclic amines) is 1. The van der Waals surface area contributed by atoms with Crippen molar-refractivity contribution < 1.29 is 4.79 Å². The van der Waals surface area contributed by atoms with Gasteiger partial charge in [0.05, 0.1) is 4.34 Å². The molecule has 3 nitrogen and oxygen atoms in total. The van der Waals surface area contributed by atoms with Gasteiger partial charge >= 0.3 is 0 Å². The van der Waals surface area contributed by atoms with E-state index in [-0.39, 0.29) is 5.91 Å². The Hall–Kier alpha value is -0.580. The number of carbonyl (C=O) groups excluding carboxylic acids is 1. The van der Waals surface area contributed by atoms with Crippen molar-refractivity contribution in [2.75, 3.05) is 19.6 Å². The van der Waals surface area contributed by atoms with E-state index in [2.05, 4.69) is 10.2 Å². The van der Waals surface area contributed by atoms with E-state index >= 15 is 0 Å². The molecule has 0 atom stereocenters. The van der Waals surface area contributed by atoms with E-state index in [4.69, 9.17) is 11.6 Å². The summed E-state index contributed by atoms with van der Waals surface area (Å²) in [6, 6.07) is 4.29. The number of aryl methyl sites for hydroxylation is 1. The summed E-state index contributed by atoms with van der Waals surface area (Å²) in [6.45, 7) is 3.56. The molecule has 0 bridgehead atoms. The van der Waals surface area contributed by atoms with Crippen LogP contribution in [0.2, 0.25) is 4.34 Å². The van der Waals surface area contributed by atoms with Crippen LogP contribution in [0.4, 0.5) is 0 Å². The van der Waals surface area contributed by atoms with Crippen LogP contribution in [-0.2, 0) is 11.2 Å². The van der Waals surface area contributed by atoms with E-state index in [0.717, 1.165) is 42.6 Å². The Bertz CT molecular complexity index is 519. The molecule has 0 radical (unpaired) electrons. The molecule has 3 rings (SSSR count). The first-order chi connectivity index (χ1) is 11.7. The minimum Gasteiger partial charge on any atom is -0.353 e. The number of thiophene rings is 1. The fourth-order valence-corrected chi connectivity index (χ4v) is 5.10. The number of halogens is 1. The Morgan fingerprint density at radius 2 is 1.92 bits per heavy atom. The second kappa shape index (κ2) is 9.21. The van der Waals surface area contributed by atoms with Crippen LogP contribution in [0.3, 0.4) is 0 Å². The number of piperidine rings is 1. The summed E-state index contributed by atoms with van der Waals surface area (Å²) in [5, 5.41) is 3.23. The van der Waals surface area contributed by atoms with Gasteiger partial charge in [0.1, 0.15) is 0 Å². The minimum atomic E-state index is 0.185. The molecule has 2 aliphatic rings. The predicted molar refractivity (Wildman–Crippen MR) is 102 cm³/mol. The summed E-state index contributed by atoms with van der Waals surface area (Å²) >= 11 is 7.50. The van der Waals surface area contributed by atoms with Crippen molar-refractivity contribution in [3.63, 3.8) is 0 Å². The molecule has 2 fully saturated rings. The van der Waals surface area contributed by atoms with Crippen molar-refractivity contribution in [3.05, 3.63) is 21.3 Å². The summed E-state index contributed by atoms with van der Waals surface area (Å²) < 4.78 is 0.802. The quantitative estimate of drug-likeness (QED) is 0.802. The van der Waals surface area contributed by atoms with Gasteiger partial charge in [0.2, 0.25) is 5.91 Å². The molecule has 1 aliphatic heterocycles. The molecule has 1 N–H and O–H groups in total. The SMILES string of the molecule is O=C(CCc1ccc(Cl)s1)NC1CCN(CC2CCCCC2)CC1. The highest BCUT2D eigenvalue weighted by Gasteiger charge is 2.23. The molecule has 0 aromatic carbocycles. The Kier molecular flexibility index (Phi) is 6.99. The second-order valence-electron chi connectivity index (χ2n) is 7.35. The Balaban J connectivity index is 1.32. The number of carbonyl (C=O) groups is 1. The van der Waals surface area contributed by atoms with Crippen LogP contribution in [0.25, 0.3) is 0 Å². The lowest BCUT2D eigenvalue weighted by Crippen LogP contribution is -2.46. The zero-order valence-corrected chi connectivity index (χ0v) is 16.0. The van der Waals surface area contributed by atoms with Gasteiger partial charge in [-0.25, -0.2) is 0 Å². The zero-order chi connectivity index (χ0) is 16.8. The van der Waals surface area contributed by atoms with Crippen LogP contribution in [0.5, 0.6) is 0 Å². The maximum Gasteiger partial charge on any atom is 0.220 e. The molecule has 24 heavy (non-hydrogen) atoms. The zero-order valence-electron chi connectivity index (χ0n) is 14.4. The molecule has 0 spiro atoms. The van der Waals surface area contributed by atoms with Crippen LogP contribution in [-0.4, -0.2) is 36.5 Å². The summed E-state index contributed by atoms with van der Waals surface area (Å²) in [4.78, 5) is 15.9. The van der Waals surface area contributed by atoms with Crippen molar-refractivity contribution in [1.29, 1.82) is 0 Å². The third kappa shape index (κ3) is 5.75. The third-order valence-electron chi connectivity index (χ3n) is 5.42. The number of nitrogens with zero attached hydrogens (tertiary/aromatic N) is 1. The summed E-state index contributed by atoms with van der Waals surface area (Å²) in [6.07, 6.45) is 10.7. The van der Waals surface area contributed by atoms with E-state index < -0.39 is 0 Å². The molecule has 2 heterocycles. The summed E-state index contributed by atoms with van der Waals surface area (Å²) in [5.41, 5.74) is 0. The number of rotatable bonds is 6. The Morgan fingerprint density at radius 1 is 1.17 bits per heavy atom. The maximum atomic E-state index is 12.1. The summed E-state index contributed by atoms with van der Waals surface area (Å²) in [7, 11) is 0. The monoisotopic (exact) mass is 368 g/mol. The molecule has 1 aliphatic carbocycles. The number of hydrogen-bond acceptors (Lipinski definition) is 3. The molecular weight excluding hydrogens is 340 g/mol. The van der Waals surface area contributed by atoms with Gasteiger partial charge in [-0.15, -0.1) is 11.3 Å². The molecule has 1 amide bonds. The fourth-order valence-electron chi connectivity index (χ4n) is 4.02. The second-order valence-corrected chi connectivity index (χ2v) is 9.15. The molecule has 1 saturated carbocycles. The lowest BCUT2D eigenvalue weighted by atomic mass is 9.88. The normalized spacial score (nSPS) is 21.0. The molecular formula is C19H29ClN2OS. The standard InChI is InChI=1S/C19H29ClN2OS/c20-18-8-6-17(24-18)7-9-19(23)21-16-10-12-22(13-11-16)14-15-4-2-1-3-5-15/h6,8,15-16H,1-5,7,9-14H2,(H,21,23). The smallest absolute Gasteiger partial charge is 0.220 e. The molecule has 5 heteroatoms. The van der Waals surface area contributed by atoms with Crippen LogP contribution < -0.4 is 5.32 Å². The van der Waals surface area contributed by atoms with Crippen LogP contribution in [0, 0.1) is 5.92 Å². The van der Waals surface area contributed by atoms with E-state index in [9.17, 15) is 4.79 Å². The lowest BCUT2D eigenvalue weighted by Gasteiger charge is -2.35. The molecule has 1 saturated heterocycles. The first kappa shape index (κ1) is 18.2. The molecule has 1 aromatic rings. The van der Waals surface area contributed by atoms with Crippen LogP contribution in [0.15, 0.2) is 12.1 Å². The number of nitrogens with one attached hydrogen (secondary N) is 1. The Morgan fingerprint density at radius 3 is 2.58 bits per heavy atom. The Labute approximate surface area is 154 Å². The maximum absolute atomic E-state index is 12.1. The average molecular weight is 369 g/mol. The van der Waals surface area contributed by atoms with Crippen LogP contribution >= 0.6 is 22.9 Å². The van der Waals surface area contributed by atoms with Gasteiger partial charge in [-0.3, -0.25) is 4.79 Å². The first-order valence-electron chi connectivity index (χ1n) is 9.45. The highest BCUT2D eigenvalue weighted by Crippen LogP contribution is 2.25. The summed E-state index contributed by atoms with van der Waals surface area (Å²) in [5.74, 6) is 1.10. The van der Waals surface area contributed by atoms with Gasteiger partial charge in [0, 0.05) is 37.0 Å². The molecule has 1 aromatic heterocycles. The minimum absolute atomic E-state index is 0.185. The third-order valence-corrected chi connectivity index (χ3v) is 6.71. The van der Waals surface area contributed by atoms with E-state index in [1.165, 1.54) is 43.5 Å².